The SMILES string of the molecule is Cc1ccc(N(C2=CC=C(c3ccc(N(c4ccc(C)cc4)c4ccc(C)cc4)cc3)CC2)c2cccc3c2-c2ccccc2C32c3ccccc3-c3ccccc32)cc1. The van der Waals surface area contributed by atoms with Gasteiger partial charge >= 0.3 is 0 Å². The van der Waals surface area contributed by atoms with Gasteiger partial charge in [-0.15, -0.1) is 0 Å². The zero-order valence-electron chi connectivity index (χ0n) is 34.4. The summed E-state index contributed by atoms with van der Waals surface area (Å²) in [5.41, 5.74) is 23.9. The zero-order valence-corrected chi connectivity index (χ0v) is 34.4. The molecule has 0 N–H and O–H groups in total. The lowest BCUT2D eigenvalue weighted by atomic mass is 9.70. The number of nitrogens with zero attached hydrogens (tertiary/aromatic N) is 2. The Hall–Kier alpha value is -7.16. The van der Waals surface area contributed by atoms with Gasteiger partial charge in [-0.2, -0.15) is 0 Å². The van der Waals surface area contributed by atoms with Crippen molar-refractivity contribution in [2.75, 3.05) is 9.80 Å². The summed E-state index contributed by atoms with van der Waals surface area (Å²) in [6.07, 6.45) is 6.59. The molecule has 288 valence electrons. The Balaban J connectivity index is 1.01. The van der Waals surface area contributed by atoms with E-state index in [-0.39, 0.29) is 5.41 Å². The highest BCUT2D eigenvalue weighted by atomic mass is 15.2. The summed E-state index contributed by atoms with van der Waals surface area (Å²) in [6.45, 7) is 6.45. The van der Waals surface area contributed by atoms with Crippen LogP contribution < -0.4 is 9.80 Å². The predicted molar refractivity (Wildman–Crippen MR) is 252 cm³/mol. The van der Waals surface area contributed by atoms with Crippen LogP contribution >= 0.6 is 0 Å². The molecule has 0 atom stereocenters. The summed E-state index contributed by atoms with van der Waals surface area (Å²) in [5, 5.41) is 0. The van der Waals surface area contributed by atoms with E-state index in [2.05, 4.69) is 231 Å². The van der Waals surface area contributed by atoms with E-state index < -0.39 is 0 Å². The van der Waals surface area contributed by atoms with Crippen molar-refractivity contribution in [2.24, 2.45) is 0 Å². The van der Waals surface area contributed by atoms with Gasteiger partial charge in [0, 0.05) is 34.0 Å². The second kappa shape index (κ2) is 14.3. The molecule has 11 rings (SSSR count). The number of hydrogen-bond acceptors (Lipinski definition) is 2. The molecule has 0 saturated heterocycles. The van der Waals surface area contributed by atoms with Crippen molar-refractivity contribution >= 4 is 34.0 Å². The molecule has 8 aromatic rings. The number of anilines is 5. The van der Waals surface area contributed by atoms with Gasteiger partial charge in [0.25, 0.3) is 0 Å². The zero-order chi connectivity index (χ0) is 40.4. The topological polar surface area (TPSA) is 6.48 Å². The van der Waals surface area contributed by atoms with Crippen molar-refractivity contribution in [2.45, 2.75) is 39.0 Å². The van der Waals surface area contributed by atoms with E-state index in [1.807, 2.05) is 0 Å². The van der Waals surface area contributed by atoms with Crippen LogP contribution in [0.4, 0.5) is 28.4 Å². The number of aryl methyl sites for hydroxylation is 3. The van der Waals surface area contributed by atoms with E-state index in [0.29, 0.717) is 0 Å². The van der Waals surface area contributed by atoms with Crippen LogP contribution in [0.3, 0.4) is 0 Å². The first kappa shape index (κ1) is 36.0. The number of fused-ring (bicyclic) bond motifs is 10. The van der Waals surface area contributed by atoms with Gasteiger partial charge in [-0.05, 0) is 144 Å². The molecule has 3 aliphatic carbocycles. The van der Waals surface area contributed by atoms with E-state index >= 15 is 0 Å². The van der Waals surface area contributed by atoms with E-state index in [1.54, 1.807) is 0 Å². The molecular formula is C58H46N2. The molecule has 0 unspecified atom stereocenters. The van der Waals surface area contributed by atoms with Crippen LogP contribution in [0.15, 0.2) is 206 Å². The Bertz CT molecular complexity index is 2890. The van der Waals surface area contributed by atoms with Crippen molar-refractivity contribution in [3.05, 3.63) is 250 Å². The first-order valence-electron chi connectivity index (χ1n) is 21.2. The third kappa shape index (κ3) is 5.62. The molecule has 0 amide bonds. The monoisotopic (exact) mass is 770 g/mol. The molecule has 60 heavy (non-hydrogen) atoms. The Morgan fingerprint density at radius 2 is 0.800 bits per heavy atom. The average molecular weight is 771 g/mol. The molecule has 2 nitrogen and oxygen atoms in total. The van der Waals surface area contributed by atoms with Gasteiger partial charge in [-0.3, -0.25) is 0 Å². The van der Waals surface area contributed by atoms with Crippen molar-refractivity contribution in [1.29, 1.82) is 0 Å². The minimum absolute atomic E-state index is 0.386. The van der Waals surface area contributed by atoms with E-state index in [1.165, 1.54) is 89.4 Å². The van der Waals surface area contributed by atoms with Crippen molar-refractivity contribution in [3.63, 3.8) is 0 Å². The highest BCUT2D eigenvalue weighted by molar-refractivity contribution is 6.00. The van der Waals surface area contributed by atoms with Crippen LogP contribution in [0.1, 0.15) is 57.3 Å². The standard InChI is InChI=1S/C58H46N2/c1-39-19-29-44(30-20-39)59(45-31-21-40(2)22-32-45)46-35-25-42(26-36-46)43-27-37-48(38-28-43)60(47-33-23-41(3)24-34-47)56-18-10-17-55-57(56)51-13-6-9-16-54(51)58(55)52-14-7-4-11-49(52)50-12-5-8-15-53(50)58/h4-27,29-37H,28,38H2,1-3H3. The third-order valence-electron chi connectivity index (χ3n) is 13.0. The Morgan fingerprint density at radius 1 is 0.367 bits per heavy atom. The Morgan fingerprint density at radius 3 is 1.30 bits per heavy atom. The summed E-state index contributed by atoms with van der Waals surface area (Å²) in [6, 6.07) is 70.1. The molecule has 0 saturated carbocycles. The van der Waals surface area contributed by atoms with E-state index in [9.17, 15) is 0 Å². The maximum atomic E-state index is 2.54. The molecule has 3 aliphatic rings. The molecule has 0 heterocycles. The van der Waals surface area contributed by atoms with Gasteiger partial charge in [0.2, 0.25) is 0 Å². The predicted octanol–water partition coefficient (Wildman–Crippen LogP) is 15.3. The summed E-state index contributed by atoms with van der Waals surface area (Å²) in [4.78, 5) is 4.89. The molecular weight excluding hydrogens is 725 g/mol. The second-order valence-corrected chi connectivity index (χ2v) is 16.7. The molecule has 0 radical (unpaired) electrons. The lowest BCUT2D eigenvalue weighted by Crippen LogP contribution is -2.26. The third-order valence-corrected chi connectivity index (χ3v) is 13.0. The lowest BCUT2D eigenvalue weighted by molar-refractivity contribution is 0.793. The largest absolute Gasteiger partial charge is 0.314 e. The minimum Gasteiger partial charge on any atom is -0.314 e. The lowest BCUT2D eigenvalue weighted by Gasteiger charge is -2.33. The number of allylic oxidation sites excluding steroid dienone is 4. The fourth-order valence-electron chi connectivity index (χ4n) is 10.2. The first-order valence-corrected chi connectivity index (χ1v) is 21.2. The molecule has 8 aromatic carbocycles. The maximum Gasteiger partial charge on any atom is 0.0726 e. The van der Waals surface area contributed by atoms with Crippen molar-refractivity contribution in [1.82, 2.24) is 0 Å². The van der Waals surface area contributed by atoms with Gasteiger partial charge < -0.3 is 9.80 Å². The summed E-state index contributed by atoms with van der Waals surface area (Å²) >= 11 is 0. The number of rotatable bonds is 7. The van der Waals surface area contributed by atoms with Crippen LogP contribution in [0.2, 0.25) is 0 Å². The fraction of sp³-hybridized carbons (Fsp3) is 0.103. The highest BCUT2D eigenvalue weighted by Crippen LogP contribution is 2.64. The van der Waals surface area contributed by atoms with Crippen LogP contribution in [0.5, 0.6) is 0 Å². The summed E-state index contributed by atoms with van der Waals surface area (Å²) in [7, 11) is 0. The summed E-state index contributed by atoms with van der Waals surface area (Å²) in [5.74, 6) is 0. The van der Waals surface area contributed by atoms with Gasteiger partial charge in [-0.1, -0.05) is 156 Å². The molecule has 0 fully saturated rings. The fourth-order valence-corrected chi connectivity index (χ4v) is 10.2. The molecule has 1 spiro atoms. The average Bonchev–Trinajstić information content (AvgIpc) is 3.77. The Labute approximate surface area is 354 Å². The summed E-state index contributed by atoms with van der Waals surface area (Å²) < 4.78 is 0. The molecule has 2 heteroatoms. The van der Waals surface area contributed by atoms with Crippen LogP contribution in [0.25, 0.3) is 27.8 Å². The number of hydrogen-bond donors (Lipinski definition) is 0. The van der Waals surface area contributed by atoms with E-state index in [0.717, 1.165) is 29.9 Å². The number of benzene rings is 8. The quantitative estimate of drug-likeness (QED) is 0.159. The van der Waals surface area contributed by atoms with Crippen molar-refractivity contribution < 1.29 is 0 Å². The Kier molecular flexibility index (Phi) is 8.56. The normalized spacial score (nSPS) is 14.1. The molecule has 0 aromatic heterocycles. The van der Waals surface area contributed by atoms with Gasteiger partial charge in [0.1, 0.15) is 0 Å². The second-order valence-electron chi connectivity index (χ2n) is 16.7. The van der Waals surface area contributed by atoms with Crippen LogP contribution in [-0.4, -0.2) is 0 Å². The van der Waals surface area contributed by atoms with Crippen LogP contribution in [-0.2, 0) is 5.41 Å². The molecule has 0 bridgehead atoms. The smallest absolute Gasteiger partial charge is 0.0726 e. The van der Waals surface area contributed by atoms with Gasteiger partial charge in [-0.25, -0.2) is 0 Å². The minimum atomic E-state index is -0.386. The van der Waals surface area contributed by atoms with Crippen molar-refractivity contribution in [3.8, 4) is 22.3 Å². The van der Waals surface area contributed by atoms with Gasteiger partial charge in [0.15, 0.2) is 0 Å². The highest BCUT2D eigenvalue weighted by Gasteiger charge is 2.52. The van der Waals surface area contributed by atoms with Gasteiger partial charge in [0.05, 0.1) is 11.1 Å². The maximum absolute atomic E-state index is 2.54. The van der Waals surface area contributed by atoms with E-state index in [4.69, 9.17) is 0 Å². The first-order chi connectivity index (χ1) is 29.5. The van der Waals surface area contributed by atoms with Crippen LogP contribution in [0, 0.1) is 20.8 Å². The molecule has 0 aliphatic heterocycles.